The fourth-order valence-corrected chi connectivity index (χ4v) is 4.41. The fourth-order valence-electron chi connectivity index (χ4n) is 2.86. The third kappa shape index (κ3) is 5.91. The van der Waals surface area contributed by atoms with Crippen LogP contribution >= 0.6 is 11.8 Å². The molecule has 0 spiro atoms. The lowest BCUT2D eigenvalue weighted by atomic mass is 10.0. The number of hydrogen-bond donors (Lipinski definition) is 5. The number of nitrogens with two attached hydrogens (primary N) is 1. The summed E-state index contributed by atoms with van der Waals surface area (Å²) >= 11 is 1.89. The second-order valence-electron chi connectivity index (χ2n) is 5.86. The van der Waals surface area contributed by atoms with Crippen LogP contribution in [-0.4, -0.2) is 60.6 Å². The van der Waals surface area contributed by atoms with Gasteiger partial charge in [0.1, 0.15) is 0 Å². The Bertz CT molecular complexity index is 448. The summed E-state index contributed by atoms with van der Waals surface area (Å²) in [5, 5.41) is 12.0. The van der Waals surface area contributed by atoms with Gasteiger partial charge in [0.05, 0.1) is 18.6 Å². The summed E-state index contributed by atoms with van der Waals surface area (Å²) in [5.74, 6) is 0.586. The van der Waals surface area contributed by atoms with E-state index < -0.39 is 5.91 Å². The summed E-state index contributed by atoms with van der Waals surface area (Å²) in [6.45, 7) is 1.15. The van der Waals surface area contributed by atoms with E-state index in [1.807, 2.05) is 11.8 Å². The molecule has 6 N–H and O–H groups in total. The smallest absolute Gasteiger partial charge is 0.315 e. The van der Waals surface area contributed by atoms with E-state index in [2.05, 4.69) is 21.3 Å². The highest BCUT2D eigenvalue weighted by Gasteiger charge is 2.42. The monoisotopic (exact) mass is 343 g/mol. The molecule has 0 aromatic rings. The van der Waals surface area contributed by atoms with E-state index in [-0.39, 0.29) is 30.6 Å². The predicted octanol–water partition coefficient (Wildman–Crippen LogP) is -1.10. The van der Waals surface area contributed by atoms with Crippen LogP contribution in [0.4, 0.5) is 4.79 Å². The molecule has 0 aliphatic carbocycles. The number of primary amides is 1. The molecular formula is C14H25N5O3S. The Kier molecular flexibility index (Phi) is 6.97. The quantitative estimate of drug-likeness (QED) is 0.254. The lowest BCUT2D eigenvalue weighted by Gasteiger charge is -2.16. The first-order chi connectivity index (χ1) is 11.1. The number of hydrogen-bond acceptors (Lipinski definition) is 5. The molecule has 2 saturated heterocycles. The highest BCUT2D eigenvalue weighted by Crippen LogP contribution is 2.33. The number of amides is 4. The molecule has 0 unspecified atom stereocenters. The normalized spacial score (nSPS) is 25.6. The van der Waals surface area contributed by atoms with Crippen LogP contribution in [0, 0.1) is 0 Å². The van der Waals surface area contributed by atoms with E-state index in [9.17, 15) is 14.4 Å². The Labute approximate surface area is 140 Å². The van der Waals surface area contributed by atoms with Crippen molar-refractivity contribution in [3.05, 3.63) is 0 Å². The summed E-state index contributed by atoms with van der Waals surface area (Å²) < 4.78 is 0. The Balaban J connectivity index is 1.48. The number of carbonyl (C=O) groups excluding carboxylic acids is 3. The Morgan fingerprint density at radius 2 is 2.09 bits per heavy atom. The average molecular weight is 343 g/mol. The summed E-state index contributed by atoms with van der Waals surface area (Å²) in [6, 6.07) is 0.431. The number of thioether (sulfide) groups is 1. The number of fused-ring (bicyclic) bond motifs is 1. The van der Waals surface area contributed by atoms with Crippen LogP contribution in [0.15, 0.2) is 0 Å². The molecule has 2 aliphatic heterocycles. The van der Waals surface area contributed by atoms with Crippen molar-refractivity contribution < 1.29 is 14.4 Å². The zero-order valence-corrected chi connectivity index (χ0v) is 13.9. The van der Waals surface area contributed by atoms with Gasteiger partial charge < -0.3 is 27.0 Å². The first-order valence-corrected chi connectivity index (χ1v) is 9.05. The zero-order chi connectivity index (χ0) is 16.7. The van der Waals surface area contributed by atoms with Crippen LogP contribution in [0.25, 0.3) is 0 Å². The highest BCUT2D eigenvalue weighted by atomic mass is 32.2. The van der Waals surface area contributed by atoms with Crippen LogP contribution in [0.5, 0.6) is 0 Å². The summed E-state index contributed by atoms with van der Waals surface area (Å²) in [5.41, 5.74) is 4.99. The largest absolute Gasteiger partial charge is 0.369 e. The van der Waals surface area contributed by atoms with E-state index in [1.54, 1.807) is 0 Å². The third-order valence-electron chi connectivity index (χ3n) is 4.00. The number of rotatable bonds is 10. The van der Waals surface area contributed by atoms with E-state index in [4.69, 9.17) is 5.73 Å². The molecule has 9 heteroatoms. The maximum Gasteiger partial charge on any atom is 0.315 e. The molecule has 2 heterocycles. The lowest BCUT2D eigenvalue weighted by Crippen LogP contribution is -2.37. The van der Waals surface area contributed by atoms with Gasteiger partial charge in [-0.05, 0) is 12.8 Å². The highest BCUT2D eigenvalue weighted by molar-refractivity contribution is 8.00. The first-order valence-electron chi connectivity index (χ1n) is 8.00. The summed E-state index contributed by atoms with van der Waals surface area (Å²) in [7, 11) is 0. The number of unbranched alkanes of at least 4 members (excludes halogenated alkanes) is 1. The van der Waals surface area contributed by atoms with E-state index in [0.717, 1.165) is 25.0 Å². The van der Waals surface area contributed by atoms with Crippen molar-refractivity contribution in [2.45, 2.75) is 43.0 Å². The predicted molar refractivity (Wildman–Crippen MR) is 89.0 cm³/mol. The maximum atomic E-state index is 11.7. The van der Waals surface area contributed by atoms with Gasteiger partial charge in [-0.2, -0.15) is 11.8 Å². The molecular weight excluding hydrogens is 318 g/mol. The third-order valence-corrected chi connectivity index (χ3v) is 5.51. The molecule has 0 aromatic carbocycles. The minimum absolute atomic E-state index is 0.0265. The number of urea groups is 1. The molecule has 0 bridgehead atoms. The van der Waals surface area contributed by atoms with Crippen molar-refractivity contribution in [2.24, 2.45) is 5.73 Å². The van der Waals surface area contributed by atoms with Crippen molar-refractivity contribution in [1.29, 1.82) is 0 Å². The summed E-state index contributed by atoms with van der Waals surface area (Å²) in [6.07, 6.45) is 3.34. The van der Waals surface area contributed by atoms with E-state index in [1.165, 1.54) is 0 Å². The number of carbonyl (C=O) groups is 3. The molecule has 0 radical (unpaired) electrons. The van der Waals surface area contributed by atoms with Crippen molar-refractivity contribution in [1.82, 2.24) is 21.3 Å². The molecule has 3 atom stereocenters. The minimum atomic E-state index is -0.406. The second-order valence-corrected chi connectivity index (χ2v) is 7.13. The standard InChI is InChI=1S/C14H25N5O3S/c15-11(20)7-16-5-6-17-12(21)4-2-1-3-10-13-9(8-23-10)18-14(22)19-13/h9-10,13,16H,1-8H2,(H2,15,20)(H,17,21)(H2,18,19,22)/t9-,10-,13-/m1/s1. The first kappa shape index (κ1) is 17.9. The van der Waals surface area contributed by atoms with Gasteiger partial charge in [-0.25, -0.2) is 4.79 Å². The fraction of sp³-hybridized carbons (Fsp3) is 0.786. The minimum Gasteiger partial charge on any atom is -0.369 e. The number of nitrogens with one attached hydrogen (secondary N) is 4. The van der Waals surface area contributed by atoms with Crippen LogP contribution in [-0.2, 0) is 9.59 Å². The van der Waals surface area contributed by atoms with Gasteiger partial charge in [-0.1, -0.05) is 6.42 Å². The van der Waals surface area contributed by atoms with Crippen molar-refractivity contribution in [3.63, 3.8) is 0 Å². The molecule has 2 fully saturated rings. The molecule has 0 aromatic heterocycles. The van der Waals surface area contributed by atoms with E-state index >= 15 is 0 Å². The van der Waals surface area contributed by atoms with Gasteiger partial charge >= 0.3 is 6.03 Å². The van der Waals surface area contributed by atoms with Crippen molar-refractivity contribution >= 4 is 29.6 Å². The Morgan fingerprint density at radius 3 is 2.87 bits per heavy atom. The van der Waals surface area contributed by atoms with E-state index in [0.29, 0.717) is 24.8 Å². The molecule has 23 heavy (non-hydrogen) atoms. The molecule has 8 nitrogen and oxygen atoms in total. The average Bonchev–Trinajstić information content (AvgIpc) is 3.02. The molecule has 130 valence electrons. The van der Waals surface area contributed by atoms with Crippen LogP contribution < -0.4 is 27.0 Å². The van der Waals surface area contributed by atoms with Gasteiger partial charge in [0.2, 0.25) is 11.8 Å². The van der Waals surface area contributed by atoms with Crippen LogP contribution in [0.3, 0.4) is 0 Å². The van der Waals surface area contributed by atoms with Crippen molar-refractivity contribution in [3.8, 4) is 0 Å². The molecule has 0 saturated carbocycles. The Morgan fingerprint density at radius 1 is 1.26 bits per heavy atom. The van der Waals surface area contributed by atoms with Gasteiger partial charge in [-0.15, -0.1) is 0 Å². The topological polar surface area (TPSA) is 125 Å². The van der Waals surface area contributed by atoms with Crippen LogP contribution in [0.2, 0.25) is 0 Å². The van der Waals surface area contributed by atoms with Gasteiger partial charge in [0.25, 0.3) is 0 Å². The molecule has 2 aliphatic rings. The lowest BCUT2D eigenvalue weighted by molar-refractivity contribution is -0.121. The van der Waals surface area contributed by atoms with Crippen LogP contribution in [0.1, 0.15) is 25.7 Å². The summed E-state index contributed by atoms with van der Waals surface area (Å²) in [4.78, 5) is 33.5. The zero-order valence-electron chi connectivity index (χ0n) is 13.1. The van der Waals surface area contributed by atoms with Gasteiger partial charge in [0, 0.05) is 30.5 Å². The van der Waals surface area contributed by atoms with Gasteiger partial charge in [0.15, 0.2) is 0 Å². The molecule has 2 rings (SSSR count). The Hall–Kier alpha value is -1.48. The van der Waals surface area contributed by atoms with Crippen molar-refractivity contribution in [2.75, 3.05) is 25.4 Å². The SMILES string of the molecule is NC(=O)CNCCNC(=O)CCCC[C@H]1SC[C@H]2NC(=O)N[C@H]21. The van der Waals surface area contributed by atoms with Gasteiger partial charge in [-0.3, -0.25) is 9.59 Å². The second kappa shape index (κ2) is 8.97. The molecule has 4 amide bonds. The maximum absolute atomic E-state index is 11.7.